The van der Waals surface area contributed by atoms with Crippen molar-refractivity contribution in [3.05, 3.63) is 29.7 Å². The third-order valence-corrected chi connectivity index (χ3v) is 4.09. The first-order valence-electron chi connectivity index (χ1n) is 6.70. The van der Waals surface area contributed by atoms with E-state index in [1.165, 1.54) is 23.5 Å². The van der Waals surface area contributed by atoms with Gasteiger partial charge >= 0.3 is 0 Å². The second-order valence-electron chi connectivity index (χ2n) is 5.02. The summed E-state index contributed by atoms with van der Waals surface area (Å²) in [7, 11) is -0.221. The summed E-state index contributed by atoms with van der Waals surface area (Å²) in [5, 5.41) is 2.73. The molecule has 0 unspecified atom stereocenters. The molecular weight excluding hydrogens is 308 g/mol. The van der Waals surface area contributed by atoms with Crippen LogP contribution < -0.4 is 5.32 Å². The molecule has 0 aliphatic heterocycles. The van der Waals surface area contributed by atoms with Crippen LogP contribution in [0.2, 0.25) is 0 Å². The topological polar surface area (TPSA) is 88.9 Å². The van der Waals surface area contributed by atoms with E-state index in [0.29, 0.717) is 18.1 Å². The third-order valence-electron chi connectivity index (χ3n) is 2.83. The Morgan fingerprint density at radius 2 is 2.18 bits per heavy atom. The van der Waals surface area contributed by atoms with Gasteiger partial charge < -0.3 is 14.5 Å². The molecule has 1 atom stereocenters. The number of hydrogen-bond donors (Lipinski definition) is 1. The van der Waals surface area contributed by atoms with Crippen LogP contribution in [-0.4, -0.2) is 51.7 Å². The maximum atomic E-state index is 11.6. The van der Waals surface area contributed by atoms with Gasteiger partial charge in [0.05, 0.1) is 19.4 Å². The normalized spacial score (nSPS) is 13.7. The molecule has 0 radical (unpaired) electrons. The van der Waals surface area contributed by atoms with E-state index < -0.39 is 10.0 Å². The van der Waals surface area contributed by atoms with E-state index in [4.69, 9.17) is 9.15 Å². The predicted molar refractivity (Wildman–Crippen MR) is 83.5 cm³/mol. The van der Waals surface area contributed by atoms with Gasteiger partial charge in [-0.1, -0.05) is 0 Å². The van der Waals surface area contributed by atoms with Gasteiger partial charge in [0.15, 0.2) is 0 Å². The Bertz CT molecular complexity index is 621. The van der Waals surface area contributed by atoms with Crippen LogP contribution in [0.1, 0.15) is 18.4 Å². The minimum absolute atomic E-state index is 0.0854. The second kappa shape index (κ2) is 8.11. The van der Waals surface area contributed by atoms with Gasteiger partial charge in [-0.2, -0.15) is 4.31 Å². The number of amides is 1. The molecule has 1 aromatic rings. The van der Waals surface area contributed by atoms with Gasteiger partial charge in [-0.15, -0.1) is 0 Å². The first-order valence-corrected chi connectivity index (χ1v) is 8.54. The Hall–Kier alpha value is -1.64. The van der Waals surface area contributed by atoms with E-state index in [9.17, 15) is 13.2 Å². The molecule has 0 aliphatic carbocycles. The number of carbonyl (C=O) groups is 1. The zero-order valence-electron chi connectivity index (χ0n) is 13.2. The van der Waals surface area contributed by atoms with Crippen molar-refractivity contribution in [2.75, 3.05) is 27.0 Å². The van der Waals surface area contributed by atoms with Gasteiger partial charge in [0.1, 0.15) is 11.5 Å². The molecule has 0 aliphatic rings. The van der Waals surface area contributed by atoms with Crippen LogP contribution in [0.4, 0.5) is 0 Å². The summed E-state index contributed by atoms with van der Waals surface area (Å²) in [5.41, 5.74) is 0. The van der Waals surface area contributed by atoms with Crippen LogP contribution in [0, 0.1) is 0 Å². The highest BCUT2D eigenvalue weighted by Crippen LogP contribution is 2.12. The average Bonchev–Trinajstić information content (AvgIpc) is 2.83. The molecule has 1 heterocycles. The largest absolute Gasteiger partial charge is 0.460 e. The van der Waals surface area contributed by atoms with Crippen molar-refractivity contribution in [3.8, 4) is 0 Å². The number of ether oxygens (including phenoxy) is 1. The molecule has 22 heavy (non-hydrogen) atoms. The molecule has 0 bridgehead atoms. The lowest BCUT2D eigenvalue weighted by atomic mass is 10.3. The van der Waals surface area contributed by atoms with E-state index in [0.717, 1.165) is 6.26 Å². The van der Waals surface area contributed by atoms with Crippen LogP contribution in [-0.2, 0) is 26.1 Å². The van der Waals surface area contributed by atoms with E-state index in [1.54, 1.807) is 19.2 Å². The molecule has 7 nitrogen and oxygen atoms in total. The predicted octanol–water partition coefficient (Wildman–Crippen LogP) is 0.835. The molecule has 1 rings (SSSR count). The third kappa shape index (κ3) is 6.42. The summed E-state index contributed by atoms with van der Waals surface area (Å²) >= 11 is 0. The van der Waals surface area contributed by atoms with Crippen LogP contribution >= 0.6 is 0 Å². The first-order chi connectivity index (χ1) is 10.2. The van der Waals surface area contributed by atoms with Crippen LogP contribution in [0.15, 0.2) is 22.6 Å². The molecular formula is C14H22N2O5S. The summed E-state index contributed by atoms with van der Waals surface area (Å²) in [6.45, 7) is 2.41. The number of sulfonamides is 1. The number of carbonyl (C=O) groups excluding carboxylic acids is 1. The van der Waals surface area contributed by atoms with E-state index in [-0.39, 0.29) is 18.5 Å². The summed E-state index contributed by atoms with van der Waals surface area (Å²) in [6, 6.07) is 3.26. The fourth-order valence-corrected chi connectivity index (χ4v) is 2.01. The molecule has 0 saturated carbocycles. The maximum Gasteiger partial charge on any atom is 0.244 e. The molecule has 1 N–H and O–H groups in total. The molecule has 124 valence electrons. The smallest absolute Gasteiger partial charge is 0.244 e. The Kier molecular flexibility index (Phi) is 6.79. The van der Waals surface area contributed by atoms with Gasteiger partial charge in [0, 0.05) is 26.3 Å². The number of nitrogens with one attached hydrogen (secondary N) is 1. The number of methoxy groups -OCH3 is 1. The Balaban J connectivity index is 2.58. The van der Waals surface area contributed by atoms with Crippen molar-refractivity contribution in [3.63, 3.8) is 0 Å². The molecule has 8 heteroatoms. The molecule has 0 saturated heterocycles. The van der Waals surface area contributed by atoms with Crippen LogP contribution in [0.5, 0.6) is 0 Å². The zero-order valence-corrected chi connectivity index (χ0v) is 14.0. The zero-order chi connectivity index (χ0) is 16.8. The lowest BCUT2D eigenvalue weighted by Crippen LogP contribution is -2.34. The Morgan fingerprint density at radius 3 is 2.77 bits per heavy atom. The van der Waals surface area contributed by atoms with Crippen molar-refractivity contribution >= 4 is 22.0 Å². The highest BCUT2D eigenvalue weighted by atomic mass is 32.2. The van der Waals surface area contributed by atoms with Crippen LogP contribution in [0.3, 0.4) is 0 Å². The number of nitrogens with zero attached hydrogens (tertiary/aromatic N) is 1. The standard InChI is InChI=1S/C14H22N2O5S/c1-11(10-20-3)15-14(17)8-7-12-5-6-13(21-12)9-16(2)22(4,18)19/h5-8,11H,9-10H2,1-4H3,(H,15,17)/b8-7+/t11-/m0/s1. The number of furan rings is 1. The van der Waals surface area contributed by atoms with Crippen molar-refractivity contribution in [2.24, 2.45) is 0 Å². The fourth-order valence-electron chi connectivity index (χ4n) is 1.65. The number of hydrogen-bond acceptors (Lipinski definition) is 5. The van der Waals surface area contributed by atoms with Gasteiger partial charge in [-0.3, -0.25) is 4.79 Å². The summed E-state index contributed by atoms with van der Waals surface area (Å²) in [6.07, 6.45) is 4.01. The van der Waals surface area contributed by atoms with Crippen molar-refractivity contribution < 1.29 is 22.4 Å². The fraction of sp³-hybridized carbons (Fsp3) is 0.500. The van der Waals surface area contributed by atoms with Gasteiger partial charge in [-0.25, -0.2) is 8.42 Å². The van der Waals surface area contributed by atoms with Crippen molar-refractivity contribution in [2.45, 2.75) is 19.5 Å². The first kappa shape index (κ1) is 18.4. The summed E-state index contributed by atoms with van der Waals surface area (Å²) in [4.78, 5) is 11.6. The minimum atomic E-state index is -3.26. The molecule has 0 aromatic carbocycles. The molecule has 1 aromatic heterocycles. The Labute approximate surface area is 131 Å². The van der Waals surface area contributed by atoms with Gasteiger partial charge in [-0.05, 0) is 25.1 Å². The van der Waals surface area contributed by atoms with E-state index in [2.05, 4.69) is 5.32 Å². The monoisotopic (exact) mass is 330 g/mol. The molecule has 0 fully saturated rings. The highest BCUT2D eigenvalue weighted by Gasteiger charge is 2.13. The van der Waals surface area contributed by atoms with Crippen molar-refractivity contribution in [1.82, 2.24) is 9.62 Å². The Morgan fingerprint density at radius 1 is 1.50 bits per heavy atom. The number of rotatable bonds is 8. The maximum absolute atomic E-state index is 11.6. The molecule has 1 amide bonds. The van der Waals surface area contributed by atoms with Crippen LogP contribution in [0.25, 0.3) is 6.08 Å². The minimum Gasteiger partial charge on any atom is -0.460 e. The van der Waals surface area contributed by atoms with E-state index >= 15 is 0 Å². The molecule has 0 spiro atoms. The highest BCUT2D eigenvalue weighted by molar-refractivity contribution is 7.88. The SMILES string of the molecule is COC[C@H](C)NC(=O)/C=C/c1ccc(CN(C)S(C)(=O)=O)o1. The van der Waals surface area contributed by atoms with Gasteiger partial charge in [0.2, 0.25) is 15.9 Å². The lowest BCUT2D eigenvalue weighted by molar-refractivity contribution is -0.117. The lowest BCUT2D eigenvalue weighted by Gasteiger charge is -2.11. The average molecular weight is 330 g/mol. The quantitative estimate of drug-likeness (QED) is 0.713. The van der Waals surface area contributed by atoms with E-state index in [1.807, 2.05) is 6.92 Å². The summed E-state index contributed by atoms with van der Waals surface area (Å²) < 4.78 is 34.2. The second-order valence-corrected chi connectivity index (χ2v) is 7.11. The van der Waals surface area contributed by atoms with Gasteiger partial charge in [0.25, 0.3) is 0 Å². The van der Waals surface area contributed by atoms with Crippen molar-refractivity contribution in [1.29, 1.82) is 0 Å². The summed E-state index contributed by atoms with van der Waals surface area (Å²) in [5.74, 6) is 0.725.